The first kappa shape index (κ1) is 31.1. The molecular weight excluding hydrogens is 591 g/mol. The average Bonchev–Trinajstić information content (AvgIpc) is 3.47. The maximum Gasteiger partial charge on any atom is 0.255 e. The molecule has 3 aromatic carbocycles. The molecule has 1 aromatic heterocycles. The van der Waals surface area contributed by atoms with Gasteiger partial charge in [-0.15, -0.1) is 0 Å². The minimum atomic E-state index is -0.364. The average molecular weight is 631 g/mol. The lowest BCUT2D eigenvalue weighted by Gasteiger charge is -2.40. The number of hydrogen-bond acceptors (Lipinski definition) is 7. The molecule has 2 aliphatic heterocycles. The Bertz CT molecular complexity index is 1660. The molecule has 2 atom stereocenters. The normalized spacial score (nSPS) is 18.1. The zero-order chi connectivity index (χ0) is 31.5. The number of nitrogens with zero attached hydrogens (tertiary/aromatic N) is 3. The number of fused-ring (bicyclic) bond motifs is 1. The van der Waals surface area contributed by atoms with Crippen molar-refractivity contribution >= 4 is 40.4 Å². The topological polar surface area (TPSA) is 78.3 Å². The third-order valence-corrected chi connectivity index (χ3v) is 9.69. The molecule has 4 aromatic rings. The lowest BCUT2D eigenvalue weighted by molar-refractivity contribution is -0.140. The summed E-state index contributed by atoms with van der Waals surface area (Å²) in [5.41, 5.74) is 4.66. The van der Waals surface area contributed by atoms with E-state index in [4.69, 9.17) is 9.15 Å². The van der Waals surface area contributed by atoms with Gasteiger partial charge in [0.25, 0.3) is 5.91 Å². The summed E-state index contributed by atoms with van der Waals surface area (Å²) in [5, 5.41) is 3.45. The van der Waals surface area contributed by atoms with E-state index in [0.717, 1.165) is 29.7 Å². The zero-order valence-electron chi connectivity index (χ0n) is 25.9. The summed E-state index contributed by atoms with van der Waals surface area (Å²) in [5.74, 6) is -0.0688. The summed E-state index contributed by atoms with van der Waals surface area (Å²) in [6, 6.07) is 19.7. The van der Waals surface area contributed by atoms with Crippen LogP contribution in [0, 0.1) is 5.82 Å². The van der Waals surface area contributed by atoms with Gasteiger partial charge in [0.05, 0.1) is 24.5 Å². The van der Waals surface area contributed by atoms with Gasteiger partial charge < -0.3 is 23.7 Å². The van der Waals surface area contributed by atoms with E-state index in [1.54, 1.807) is 31.1 Å². The number of piperidine rings is 1. The van der Waals surface area contributed by atoms with Crippen LogP contribution in [0.1, 0.15) is 46.3 Å². The van der Waals surface area contributed by atoms with Crippen LogP contribution in [0.3, 0.4) is 0 Å². The Morgan fingerprint density at radius 1 is 1.04 bits per heavy atom. The van der Waals surface area contributed by atoms with Gasteiger partial charge in [-0.05, 0) is 54.3 Å². The van der Waals surface area contributed by atoms with Gasteiger partial charge in [0.15, 0.2) is 0 Å². The van der Waals surface area contributed by atoms with Gasteiger partial charge in [-0.1, -0.05) is 42.3 Å². The summed E-state index contributed by atoms with van der Waals surface area (Å²) in [4.78, 5) is 31.9. The maximum atomic E-state index is 14.4. The van der Waals surface area contributed by atoms with E-state index in [1.807, 2.05) is 54.6 Å². The first-order valence-corrected chi connectivity index (χ1v) is 16.6. The van der Waals surface area contributed by atoms with Crippen molar-refractivity contribution in [3.63, 3.8) is 0 Å². The van der Waals surface area contributed by atoms with Gasteiger partial charge in [-0.3, -0.25) is 14.5 Å². The fourth-order valence-electron chi connectivity index (χ4n) is 6.59. The van der Waals surface area contributed by atoms with Crippen LogP contribution in [0.15, 0.2) is 71.1 Å². The molecule has 1 N–H and O–H groups in total. The number of ether oxygens (including phenoxy) is 1. The van der Waals surface area contributed by atoms with Gasteiger partial charge in [0.1, 0.15) is 23.2 Å². The van der Waals surface area contributed by atoms with E-state index in [0.29, 0.717) is 67.2 Å². The van der Waals surface area contributed by atoms with Crippen molar-refractivity contribution in [2.24, 2.45) is 0 Å². The largest absolute Gasteiger partial charge is 0.455 e. The highest BCUT2D eigenvalue weighted by Crippen LogP contribution is 2.42. The fraction of sp³-hybridized carbons (Fsp3) is 0.371. The zero-order valence-corrected chi connectivity index (χ0v) is 26.7. The molecule has 3 heterocycles. The number of hydrogen-bond donors (Lipinski definition) is 1. The smallest absolute Gasteiger partial charge is 0.255 e. The third kappa shape index (κ3) is 6.32. The summed E-state index contributed by atoms with van der Waals surface area (Å²) >= 11 is 1.58. The van der Waals surface area contributed by atoms with Crippen LogP contribution >= 0.6 is 11.9 Å². The first-order chi connectivity index (χ1) is 21.9. The molecule has 0 bridgehead atoms. The predicted molar refractivity (Wildman–Crippen MR) is 177 cm³/mol. The molecule has 8 nitrogen and oxygen atoms in total. The highest BCUT2D eigenvalue weighted by molar-refractivity contribution is 7.99. The van der Waals surface area contributed by atoms with Gasteiger partial charge in [-0.25, -0.2) is 4.39 Å². The predicted octanol–water partition coefficient (Wildman–Crippen LogP) is 6.09. The summed E-state index contributed by atoms with van der Waals surface area (Å²) in [7, 11) is 3.60. The number of amides is 2. The molecule has 2 saturated heterocycles. The minimum Gasteiger partial charge on any atom is -0.455 e. The van der Waals surface area contributed by atoms with Crippen molar-refractivity contribution in [1.82, 2.24) is 15.1 Å². The van der Waals surface area contributed by atoms with Gasteiger partial charge in [-0.2, -0.15) is 0 Å². The van der Waals surface area contributed by atoms with Crippen LogP contribution < -0.4 is 9.62 Å². The fourth-order valence-corrected chi connectivity index (χ4v) is 6.94. The number of likely N-dealkylation sites (tertiary alicyclic amines) is 1. The Morgan fingerprint density at radius 2 is 1.78 bits per heavy atom. The number of anilines is 1. The Balaban J connectivity index is 1.40. The molecule has 2 aliphatic rings. The number of halogens is 1. The monoisotopic (exact) mass is 630 g/mol. The lowest BCUT2D eigenvalue weighted by Crippen LogP contribution is -2.49. The van der Waals surface area contributed by atoms with Gasteiger partial charge >= 0.3 is 0 Å². The molecule has 6 rings (SSSR count). The van der Waals surface area contributed by atoms with Crippen LogP contribution in [0.5, 0.6) is 0 Å². The number of benzene rings is 3. The lowest BCUT2D eigenvalue weighted by atomic mass is 9.87. The highest BCUT2D eigenvalue weighted by Gasteiger charge is 2.36. The van der Waals surface area contributed by atoms with E-state index in [9.17, 15) is 14.0 Å². The Kier molecular flexibility index (Phi) is 9.44. The highest BCUT2D eigenvalue weighted by atomic mass is 32.2. The molecule has 45 heavy (non-hydrogen) atoms. The second-order valence-electron chi connectivity index (χ2n) is 11.6. The van der Waals surface area contributed by atoms with Crippen LogP contribution in [-0.4, -0.2) is 81.4 Å². The SMILES string of the molecule is CNC(=O)c1c(-c2ccc(F)cc2)oc2cc(N(C)SC)c(C3CCCN(C(=O)C(c4ccccc4)N4CCOCC4)C3)cc12. The Morgan fingerprint density at radius 3 is 2.47 bits per heavy atom. The van der Waals surface area contributed by atoms with E-state index in [-0.39, 0.29) is 29.6 Å². The minimum absolute atomic E-state index is 0.0551. The van der Waals surface area contributed by atoms with Crippen LogP contribution in [0.2, 0.25) is 0 Å². The summed E-state index contributed by atoms with van der Waals surface area (Å²) in [6.07, 6.45) is 3.80. The van der Waals surface area contributed by atoms with Gasteiger partial charge in [0.2, 0.25) is 5.91 Å². The summed E-state index contributed by atoms with van der Waals surface area (Å²) in [6.45, 7) is 3.92. The van der Waals surface area contributed by atoms with Crippen molar-refractivity contribution in [3.8, 4) is 11.3 Å². The number of morpholine rings is 1. The number of carbonyl (C=O) groups is 2. The number of rotatable bonds is 8. The van der Waals surface area contributed by atoms with Crippen LogP contribution in [-0.2, 0) is 9.53 Å². The molecule has 2 fully saturated rings. The second-order valence-corrected chi connectivity index (χ2v) is 12.5. The molecule has 0 spiro atoms. The van der Waals surface area contributed by atoms with Crippen molar-refractivity contribution in [1.29, 1.82) is 0 Å². The number of carbonyl (C=O) groups excluding carboxylic acids is 2. The number of furan rings is 1. The Hall–Kier alpha value is -3.86. The van der Waals surface area contributed by atoms with Crippen LogP contribution in [0.4, 0.5) is 10.1 Å². The summed E-state index contributed by atoms with van der Waals surface area (Å²) < 4.78 is 27.8. The van der Waals surface area contributed by atoms with Gasteiger partial charge in [0, 0.05) is 69.5 Å². The molecular formula is C35H39FN4O4S. The van der Waals surface area contributed by atoms with Crippen molar-refractivity contribution in [2.75, 3.05) is 64.0 Å². The standard InChI is InChI=1S/C35H39FN4O4S/c1-37-34(41)31-28-20-27(29(38(2)45-3)21-30(28)44-33(31)24-11-13-26(36)14-12-24)25-10-7-15-40(22-25)35(42)32(23-8-5-4-6-9-23)39-16-18-43-19-17-39/h4-6,8-9,11-14,20-21,25,32H,7,10,15-19,22H2,1-3H3,(H,37,41). The van der Waals surface area contributed by atoms with Crippen molar-refractivity contribution < 1.29 is 23.1 Å². The molecule has 0 saturated carbocycles. The van der Waals surface area contributed by atoms with E-state index in [1.165, 1.54) is 12.1 Å². The quantitative estimate of drug-likeness (QED) is 0.236. The third-order valence-electron chi connectivity index (χ3n) is 8.94. The second kappa shape index (κ2) is 13.6. The molecule has 236 valence electrons. The first-order valence-electron chi connectivity index (χ1n) is 15.4. The molecule has 2 unspecified atom stereocenters. The van der Waals surface area contributed by atoms with Crippen molar-refractivity contribution in [3.05, 3.63) is 89.2 Å². The van der Waals surface area contributed by atoms with E-state index >= 15 is 0 Å². The Labute approximate surface area is 267 Å². The number of nitrogens with one attached hydrogen (secondary N) is 1. The molecule has 2 amide bonds. The molecule has 0 aliphatic carbocycles. The van der Waals surface area contributed by atoms with Crippen molar-refractivity contribution in [2.45, 2.75) is 24.8 Å². The van der Waals surface area contributed by atoms with Crippen LogP contribution in [0.25, 0.3) is 22.3 Å². The molecule has 10 heteroatoms. The van der Waals surface area contributed by atoms with E-state index in [2.05, 4.69) is 20.6 Å². The molecule has 0 radical (unpaired) electrons. The van der Waals surface area contributed by atoms with E-state index < -0.39 is 0 Å². The maximum absolute atomic E-state index is 14.4.